The second-order valence-corrected chi connectivity index (χ2v) is 6.70. The van der Waals surface area contributed by atoms with Crippen LogP contribution in [0.2, 0.25) is 0 Å². The summed E-state index contributed by atoms with van der Waals surface area (Å²) < 4.78 is 0. The van der Waals surface area contributed by atoms with Crippen LogP contribution in [0.4, 0.5) is 11.4 Å². The van der Waals surface area contributed by atoms with Gasteiger partial charge in [0, 0.05) is 42.2 Å². The lowest BCUT2D eigenvalue weighted by atomic mass is 9.93. The highest BCUT2D eigenvalue weighted by molar-refractivity contribution is 6.25. The van der Waals surface area contributed by atoms with Gasteiger partial charge in [0.15, 0.2) is 0 Å². The van der Waals surface area contributed by atoms with Crippen LogP contribution in [0, 0.1) is 10.1 Å². The number of benzene rings is 2. The van der Waals surface area contributed by atoms with Crippen LogP contribution in [0.1, 0.15) is 27.1 Å². The Hall–Kier alpha value is -4.61. The van der Waals surface area contributed by atoms with Crippen LogP contribution >= 0.6 is 0 Å². The third-order valence-electron chi connectivity index (χ3n) is 4.78. The molecule has 12 heteroatoms. The molecule has 4 rings (SSSR count). The van der Waals surface area contributed by atoms with Crippen molar-refractivity contribution in [3.05, 3.63) is 78.6 Å². The Labute approximate surface area is 171 Å². The highest BCUT2D eigenvalue weighted by Crippen LogP contribution is 2.33. The molecule has 0 spiro atoms. The van der Waals surface area contributed by atoms with Crippen molar-refractivity contribution in [2.75, 3.05) is 11.9 Å². The molecule has 156 valence electrons. The van der Waals surface area contributed by atoms with Crippen molar-refractivity contribution in [3.8, 4) is 0 Å². The van der Waals surface area contributed by atoms with Crippen molar-refractivity contribution in [3.63, 3.8) is 0 Å². The van der Waals surface area contributed by atoms with Gasteiger partial charge in [0.1, 0.15) is 5.69 Å². The van der Waals surface area contributed by atoms with Crippen molar-refractivity contribution >= 4 is 39.9 Å². The number of nitro benzene ring substituents is 1. The number of nitrogens with zero attached hydrogens (tertiary/aromatic N) is 2. The van der Waals surface area contributed by atoms with Crippen molar-refractivity contribution < 1.29 is 19.3 Å². The molecule has 0 saturated carbocycles. The van der Waals surface area contributed by atoms with Gasteiger partial charge in [0.05, 0.1) is 10.5 Å². The molecule has 3 aromatic rings. The predicted octanol–water partition coefficient (Wildman–Crippen LogP) is 0.749. The van der Waals surface area contributed by atoms with E-state index in [9.17, 15) is 34.1 Å². The minimum Gasteiger partial charge on any atom is -0.320 e. The minimum atomic E-state index is -0.810. The molecule has 1 aliphatic rings. The molecular weight excluding hydrogens is 410 g/mol. The average Bonchev–Trinajstić information content (AvgIpc) is 2.73. The number of hydrogen-bond donors (Lipinski definition) is 3. The molecule has 31 heavy (non-hydrogen) atoms. The monoisotopic (exact) mass is 423 g/mol. The summed E-state index contributed by atoms with van der Waals surface area (Å²) in [7, 11) is 0. The average molecular weight is 423 g/mol. The van der Waals surface area contributed by atoms with Crippen molar-refractivity contribution in [1.82, 2.24) is 14.9 Å². The number of nitro groups is 1. The number of amides is 3. The standard InChI is InChI=1S/C19H13N5O7/c25-14(21-13-8-20-19(29)22-16(13)26)4-5-23-17(27)11-3-1-2-9-6-10(24(30)31)7-12(15(9)11)18(23)28/h1-3,6-8H,4-5H2,(H,21,25)(H2,20,22,26,29). The summed E-state index contributed by atoms with van der Waals surface area (Å²) in [5, 5.41) is 14.2. The second-order valence-electron chi connectivity index (χ2n) is 6.70. The molecule has 12 nitrogen and oxygen atoms in total. The maximum atomic E-state index is 12.9. The Balaban J connectivity index is 1.60. The van der Waals surface area contributed by atoms with E-state index in [1.165, 1.54) is 12.1 Å². The van der Waals surface area contributed by atoms with Crippen LogP contribution in [0.5, 0.6) is 0 Å². The predicted molar refractivity (Wildman–Crippen MR) is 107 cm³/mol. The largest absolute Gasteiger partial charge is 0.325 e. The maximum absolute atomic E-state index is 12.9. The minimum absolute atomic E-state index is 0.00288. The van der Waals surface area contributed by atoms with Crippen LogP contribution in [0.3, 0.4) is 0 Å². The van der Waals surface area contributed by atoms with Gasteiger partial charge in [-0.15, -0.1) is 0 Å². The smallest absolute Gasteiger partial charge is 0.320 e. The molecule has 0 bridgehead atoms. The molecule has 3 amide bonds. The normalized spacial score (nSPS) is 12.8. The van der Waals surface area contributed by atoms with Gasteiger partial charge >= 0.3 is 5.69 Å². The van der Waals surface area contributed by atoms with Gasteiger partial charge in [0.2, 0.25) is 5.91 Å². The van der Waals surface area contributed by atoms with Gasteiger partial charge < -0.3 is 10.3 Å². The van der Waals surface area contributed by atoms with E-state index in [0.29, 0.717) is 10.8 Å². The summed E-state index contributed by atoms with van der Waals surface area (Å²) >= 11 is 0. The van der Waals surface area contributed by atoms with Gasteiger partial charge in [-0.05, 0) is 11.5 Å². The molecule has 0 saturated heterocycles. The van der Waals surface area contributed by atoms with E-state index in [-0.39, 0.29) is 35.5 Å². The third-order valence-corrected chi connectivity index (χ3v) is 4.78. The maximum Gasteiger partial charge on any atom is 0.325 e. The van der Waals surface area contributed by atoms with Crippen LogP contribution in [-0.2, 0) is 4.79 Å². The fourth-order valence-corrected chi connectivity index (χ4v) is 3.38. The molecule has 0 aliphatic carbocycles. The lowest BCUT2D eigenvalue weighted by Crippen LogP contribution is -2.42. The molecule has 1 aromatic heterocycles. The first-order valence-electron chi connectivity index (χ1n) is 8.95. The number of H-pyrrole nitrogens is 2. The van der Waals surface area contributed by atoms with E-state index in [2.05, 4.69) is 10.3 Å². The van der Waals surface area contributed by atoms with Crippen LogP contribution in [0.15, 0.2) is 46.1 Å². The number of rotatable bonds is 5. The summed E-state index contributed by atoms with van der Waals surface area (Å²) in [5.41, 5.74) is -1.86. The molecule has 2 aromatic carbocycles. The van der Waals surface area contributed by atoms with Crippen LogP contribution in [0.25, 0.3) is 10.8 Å². The molecule has 0 unspecified atom stereocenters. The van der Waals surface area contributed by atoms with E-state index in [1.807, 2.05) is 4.98 Å². The number of carbonyl (C=O) groups excluding carboxylic acids is 3. The van der Waals surface area contributed by atoms with Gasteiger partial charge in [-0.2, -0.15) is 0 Å². The number of aromatic nitrogens is 2. The fourth-order valence-electron chi connectivity index (χ4n) is 3.38. The topological polar surface area (TPSA) is 175 Å². The lowest BCUT2D eigenvalue weighted by Gasteiger charge is -2.26. The summed E-state index contributed by atoms with van der Waals surface area (Å²) in [5.74, 6) is -2.07. The Bertz CT molecular complexity index is 1400. The number of non-ortho nitro benzene ring substituents is 1. The zero-order valence-electron chi connectivity index (χ0n) is 15.6. The zero-order chi connectivity index (χ0) is 22.3. The van der Waals surface area contributed by atoms with Crippen molar-refractivity contribution in [2.45, 2.75) is 6.42 Å². The first-order chi connectivity index (χ1) is 14.8. The number of hydrogen-bond acceptors (Lipinski definition) is 7. The molecule has 3 N–H and O–H groups in total. The highest BCUT2D eigenvalue weighted by atomic mass is 16.6. The second kappa shape index (κ2) is 7.33. The van der Waals surface area contributed by atoms with Crippen LogP contribution in [-0.4, -0.2) is 44.1 Å². The van der Waals surface area contributed by atoms with Crippen molar-refractivity contribution in [2.24, 2.45) is 0 Å². The molecule has 0 fully saturated rings. The van der Waals surface area contributed by atoms with E-state index in [1.54, 1.807) is 12.1 Å². The Morgan fingerprint density at radius 1 is 1.10 bits per heavy atom. The first-order valence-corrected chi connectivity index (χ1v) is 8.95. The molecule has 0 atom stereocenters. The Morgan fingerprint density at radius 3 is 2.55 bits per heavy atom. The summed E-state index contributed by atoms with van der Waals surface area (Å²) in [6, 6.07) is 7.01. The van der Waals surface area contributed by atoms with E-state index >= 15 is 0 Å². The van der Waals surface area contributed by atoms with E-state index in [4.69, 9.17) is 0 Å². The first kappa shape index (κ1) is 19.7. The number of aromatic amines is 2. The van der Waals surface area contributed by atoms with E-state index in [0.717, 1.165) is 17.2 Å². The van der Waals surface area contributed by atoms with Gasteiger partial charge in [0.25, 0.3) is 23.1 Å². The fraction of sp³-hybridized carbons (Fsp3) is 0.105. The molecular formula is C19H13N5O7. The van der Waals surface area contributed by atoms with Crippen LogP contribution < -0.4 is 16.6 Å². The van der Waals surface area contributed by atoms with Gasteiger partial charge in [-0.25, -0.2) is 4.79 Å². The number of nitrogens with one attached hydrogen (secondary N) is 3. The number of imide groups is 1. The number of carbonyl (C=O) groups is 3. The SMILES string of the molecule is O=C(CCN1C(=O)c2cccc3cc([N+](=O)[O-])cc(c23)C1=O)Nc1c[nH]c(=O)[nH]c1=O. The number of anilines is 1. The quantitative estimate of drug-likeness (QED) is 0.308. The summed E-state index contributed by atoms with van der Waals surface area (Å²) in [6.45, 7) is -0.316. The van der Waals surface area contributed by atoms with Gasteiger partial charge in [-0.3, -0.25) is 39.2 Å². The summed E-state index contributed by atoms with van der Waals surface area (Å²) in [4.78, 5) is 76.2. The van der Waals surface area contributed by atoms with E-state index < -0.39 is 33.9 Å². The Kier molecular flexibility index (Phi) is 4.66. The molecule has 1 aliphatic heterocycles. The van der Waals surface area contributed by atoms with Gasteiger partial charge in [-0.1, -0.05) is 12.1 Å². The lowest BCUT2D eigenvalue weighted by molar-refractivity contribution is -0.384. The summed E-state index contributed by atoms with van der Waals surface area (Å²) in [6.07, 6.45) is 0.683. The van der Waals surface area contributed by atoms with Crippen molar-refractivity contribution in [1.29, 1.82) is 0 Å². The Morgan fingerprint density at radius 2 is 1.84 bits per heavy atom. The molecule has 0 radical (unpaired) electrons. The highest BCUT2D eigenvalue weighted by Gasteiger charge is 2.34. The zero-order valence-corrected chi connectivity index (χ0v) is 15.6. The third kappa shape index (κ3) is 3.46. The molecule has 2 heterocycles.